The van der Waals surface area contributed by atoms with Gasteiger partial charge in [-0.2, -0.15) is 10.4 Å². The Labute approximate surface area is 196 Å². The van der Waals surface area contributed by atoms with Gasteiger partial charge in [-0.15, -0.1) is 5.01 Å². The summed E-state index contributed by atoms with van der Waals surface area (Å²) in [7, 11) is 1.22. The standard InChI is InChI=1S/C24H23N5O3S/c1-3-26-22(17-8-6-16(14-25)7-9-17)28-12-4-5-19-13-18(10-11-21(19)28)20-15-33-24(31)29(27-20)23(30)32-2/h6-11,13H,3-5,12,15H2,1-2H3. The topological polar surface area (TPSA) is 98.4 Å². The van der Waals surface area contributed by atoms with Gasteiger partial charge in [0.1, 0.15) is 5.84 Å². The fourth-order valence-electron chi connectivity index (χ4n) is 3.90. The highest BCUT2D eigenvalue weighted by molar-refractivity contribution is 8.14. The smallest absolute Gasteiger partial charge is 0.438 e. The maximum absolute atomic E-state index is 12.0. The first kappa shape index (κ1) is 22.6. The Morgan fingerprint density at radius 1 is 1.27 bits per heavy atom. The van der Waals surface area contributed by atoms with Crippen LogP contribution in [0.5, 0.6) is 0 Å². The molecule has 0 fully saturated rings. The lowest BCUT2D eigenvalue weighted by Gasteiger charge is -2.33. The van der Waals surface area contributed by atoms with E-state index in [1.54, 1.807) is 0 Å². The molecule has 0 spiro atoms. The third-order valence-electron chi connectivity index (χ3n) is 5.44. The third-order valence-corrected chi connectivity index (χ3v) is 6.28. The second-order valence-electron chi connectivity index (χ2n) is 7.47. The SMILES string of the molecule is CCN=C(c1ccc(C#N)cc1)N1CCCc2cc(C3=NN(C(=O)OC)C(=O)SC3)ccc21. The molecule has 0 unspecified atom stereocenters. The van der Waals surface area contributed by atoms with Crippen molar-refractivity contribution < 1.29 is 14.3 Å². The molecule has 2 aliphatic heterocycles. The molecular weight excluding hydrogens is 438 g/mol. The van der Waals surface area contributed by atoms with E-state index in [4.69, 9.17) is 10.3 Å². The number of anilines is 1. The molecule has 168 valence electrons. The van der Waals surface area contributed by atoms with E-state index in [1.165, 1.54) is 7.11 Å². The number of amidine groups is 1. The molecule has 0 atom stereocenters. The molecule has 0 bridgehead atoms. The summed E-state index contributed by atoms with van der Waals surface area (Å²) in [6.45, 7) is 3.49. The van der Waals surface area contributed by atoms with Gasteiger partial charge in [0.05, 0.1) is 24.5 Å². The zero-order chi connectivity index (χ0) is 23.4. The van der Waals surface area contributed by atoms with Gasteiger partial charge in [-0.1, -0.05) is 17.8 Å². The van der Waals surface area contributed by atoms with E-state index >= 15 is 0 Å². The molecule has 2 amide bonds. The summed E-state index contributed by atoms with van der Waals surface area (Å²) >= 11 is 1.03. The molecule has 4 rings (SSSR count). The number of nitrogens with zero attached hydrogens (tertiary/aromatic N) is 5. The third kappa shape index (κ3) is 4.61. The Morgan fingerprint density at radius 2 is 2.06 bits per heavy atom. The zero-order valence-corrected chi connectivity index (χ0v) is 19.3. The lowest BCUT2D eigenvalue weighted by atomic mass is 9.97. The van der Waals surface area contributed by atoms with Crippen LogP contribution in [0, 0.1) is 11.3 Å². The van der Waals surface area contributed by atoms with Crippen molar-refractivity contribution in [1.82, 2.24) is 5.01 Å². The van der Waals surface area contributed by atoms with Crippen LogP contribution in [0.15, 0.2) is 52.6 Å². The lowest BCUT2D eigenvalue weighted by Crippen LogP contribution is -2.37. The fraction of sp³-hybridized carbons (Fsp3) is 0.292. The molecular formula is C24H23N5O3S. The second kappa shape index (κ2) is 9.88. The predicted molar refractivity (Wildman–Crippen MR) is 129 cm³/mol. The number of fused-ring (bicyclic) bond motifs is 1. The molecule has 9 heteroatoms. The van der Waals surface area contributed by atoms with Gasteiger partial charge in [-0.25, -0.2) is 4.79 Å². The van der Waals surface area contributed by atoms with Crippen LogP contribution in [-0.2, 0) is 11.2 Å². The molecule has 0 N–H and O–H groups in total. The molecule has 2 heterocycles. The number of hydrogen-bond acceptors (Lipinski definition) is 7. The highest BCUT2D eigenvalue weighted by Crippen LogP contribution is 2.31. The quantitative estimate of drug-likeness (QED) is 0.496. The van der Waals surface area contributed by atoms with Crippen LogP contribution in [0.25, 0.3) is 0 Å². The van der Waals surface area contributed by atoms with E-state index in [1.807, 2.05) is 43.3 Å². The lowest BCUT2D eigenvalue weighted by molar-refractivity contribution is 0.137. The van der Waals surface area contributed by atoms with Crippen LogP contribution in [0.4, 0.5) is 15.3 Å². The molecule has 0 aromatic heterocycles. The van der Waals surface area contributed by atoms with Gasteiger partial charge in [-0.3, -0.25) is 9.79 Å². The van der Waals surface area contributed by atoms with Crippen molar-refractivity contribution in [2.75, 3.05) is 30.9 Å². The van der Waals surface area contributed by atoms with Crippen molar-refractivity contribution in [2.24, 2.45) is 10.1 Å². The summed E-state index contributed by atoms with van der Waals surface area (Å²) in [6.07, 6.45) is 1.08. The number of hydrazone groups is 1. The van der Waals surface area contributed by atoms with Gasteiger partial charge >= 0.3 is 11.3 Å². The average Bonchev–Trinajstić information content (AvgIpc) is 2.86. The van der Waals surface area contributed by atoms with Gasteiger partial charge in [0.15, 0.2) is 0 Å². The maximum atomic E-state index is 12.0. The largest absolute Gasteiger partial charge is 0.451 e. The second-order valence-corrected chi connectivity index (χ2v) is 8.40. The van der Waals surface area contributed by atoms with E-state index in [-0.39, 0.29) is 0 Å². The number of aryl methyl sites for hydroxylation is 1. The number of carbonyl (C=O) groups is 2. The number of thioether (sulfide) groups is 1. The number of nitriles is 1. The summed E-state index contributed by atoms with van der Waals surface area (Å²) in [5.41, 5.74) is 5.34. The average molecular weight is 462 g/mol. The summed E-state index contributed by atoms with van der Waals surface area (Å²) < 4.78 is 4.66. The van der Waals surface area contributed by atoms with E-state index in [0.717, 1.165) is 64.4 Å². The van der Waals surface area contributed by atoms with Crippen molar-refractivity contribution in [3.05, 3.63) is 64.7 Å². The zero-order valence-electron chi connectivity index (χ0n) is 18.4. The van der Waals surface area contributed by atoms with Crippen molar-refractivity contribution in [1.29, 1.82) is 5.26 Å². The number of benzene rings is 2. The molecule has 2 aromatic carbocycles. The van der Waals surface area contributed by atoms with Gasteiger partial charge in [0.2, 0.25) is 0 Å². The van der Waals surface area contributed by atoms with Crippen LogP contribution in [0.1, 0.15) is 35.6 Å². The van der Waals surface area contributed by atoms with Crippen LogP contribution < -0.4 is 4.90 Å². The molecule has 0 saturated carbocycles. The molecule has 0 aliphatic carbocycles. The molecule has 2 aromatic rings. The molecule has 0 radical (unpaired) electrons. The van der Waals surface area contributed by atoms with Gasteiger partial charge in [0, 0.05) is 30.1 Å². The number of rotatable bonds is 3. The summed E-state index contributed by atoms with van der Waals surface area (Å²) in [5.74, 6) is 1.27. The van der Waals surface area contributed by atoms with Gasteiger partial charge in [-0.05, 0) is 67.3 Å². The van der Waals surface area contributed by atoms with E-state index in [2.05, 4.69) is 26.9 Å². The number of imide groups is 1. The summed E-state index contributed by atoms with van der Waals surface area (Å²) in [5, 5.41) is 13.7. The Kier molecular flexibility index (Phi) is 6.75. The predicted octanol–water partition coefficient (Wildman–Crippen LogP) is 4.42. The fourth-order valence-corrected chi connectivity index (χ4v) is 4.62. The van der Waals surface area contributed by atoms with Crippen molar-refractivity contribution >= 4 is 40.3 Å². The number of aliphatic imine (C=N–C) groups is 1. The first-order valence-corrected chi connectivity index (χ1v) is 11.6. The number of hydrogen-bond donors (Lipinski definition) is 0. The van der Waals surface area contributed by atoms with E-state index in [0.29, 0.717) is 23.6 Å². The minimum Gasteiger partial charge on any atom is -0.451 e. The number of carbonyl (C=O) groups excluding carboxylic acids is 2. The van der Waals surface area contributed by atoms with Crippen LogP contribution in [-0.4, -0.2) is 53.8 Å². The number of amides is 2. The first-order chi connectivity index (χ1) is 16.0. The van der Waals surface area contributed by atoms with E-state index in [9.17, 15) is 9.59 Å². The Bertz CT molecular complexity index is 1180. The summed E-state index contributed by atoms with van der Waals surface area (Å²) in [6, 6.07) is 15.7. The van der Waals surface area contributed by atoms with E-state index < -0.39 is 11.3 Å². The minimum atomic E-state index is -0.795. The van der Waals surface area contributed by atoms with Crippen molar-refractivity contribution in [3.63, 3.8) is 0 Å². The first-order valence-electron chi connectivity index (χ1n) is 10.6. The Morgan fingerprint density at radius 3 is 2.76 bits per heavy atom. The van der Waals surface area contributed by atoms with Crippen molar-refractivity contribution in [2.45, 2.75) is 19.8 Å². The van der Waals surface area contributed by atoms with Gasteiger partial charge in [0.25, 0.3) is 0 Å². The van der Waals surface area contributed by atoms with Crippen LogP contribution in [0.3, 0.4) is 0 Å². The maximum Gasteiger partial charge on any atom is 0.438 e. The Balaban J connectivity index is 1.68. The monoisotopic (exact) mass is 461 g/mol. The molecule has 8 nitrogen and oxygen atoms in total. The summed E-state index contributed by atoms with van der Waals surface area (Å²) in [4.78, 5) is 30.9. The van der Waals surface area contributed by atoms with Crippen LogP contribution in [0.2, 0.25) is 0 Å². The normalized spacial score (nSPS) is 16.1. The van der Waals surface area contributed by atoms with Crippen LogP contribution >= 0.6 is 11.8 Å². The highest BCUT2D eigenvalue weighted by Gasteiger charge is 2.29. The van der Waals surface area contributed by atoms with Crippen molar-refractivity contribution in [3.8, 4) is 6.07 Å². The Hall–Kier alpha value is -3.64. The highest BCUT2D eigenvalue weighted by atomic mass is 32.2. The molecule has 0 saturated heterocycles. The molecule has 2 aliphatic rings. The molecule has 33 heavy (non-hydrogen) atoms. The number of ether oxygens (including phenoxy) is 1. The van der Waals surface area contributed by atoms with Gasteiger partial charge < -0.3 is 9.64 Å². The minimum absolute atomic E-state index is 0.391. The number of methoxy groups -OCH3 is 1.